The molecule has 1 aromatic carbocycles. The van der Waals surface area contributed by atoms with Crippen molar-refractivity contribution in [2.75, 3.05) is 5.73 Å². The van der Waals surface area contributed by atoms with Crippen LogP contribution in [0.4, 0.5) is 20.3 Å². The van der Waals surface area contributed by atoms with Crippen molar-refractivity contribution in [1.82, 2.24) is 9.97 Å². The van der Waals surface area contributed by atoms with E-state index in [1.54, 1.807) is 0 Å². The van der Waals surface area contributed by atoms with E-state index in [9.17, 15) is 18.9 Å². The van der Waals surface area contributed by atoms with Gasteiger partial charge in [0.05, 0.1) is 4.92 Å². The molecule has 0 aliphatic heterocycles. The van der Waals surface area contributed by atoms with E-state index in [1.165, 1.54) is 6.07 Å². The van der Waals surface area contributed by atoms with Crippen LogP contribution >= 0.6 is 11.8 Å². The standard InChI is InChI=1S/C10H6F2N4O2S/c11-6-2-1-5(3-7(6)12)19-10-8(16(17)18)9(13)14-4-15-10/h1-4H,(H2,13,14,15). The van der Waals surface area contributed by atoms with Gasteiger partial charge in [-0.15, -0.1) is 0 Å². The highest BCUT2D eigenvalue weighted by molar-refractivity contribution is 7.99. The summed E-state index contributed by atoms with van der Waals surface area (Å²) in [5.74, 6) is -2.33. The third-order valence-electron chi connectivity index (χ3n) is 2.11. The molecule has 0 radical (unpaired) electrons. The second-order valence-corrected chi connectivity index (χ2v) is 4.41. The molecule has 0 aliphatic carbocycles. The fraction of sp³-hybridized carbons (Fsp3) is 0. The smallest absolute Gasteiger partial charge is 0.343 e. The Labute approximate surface area is 109 Å². The minimum atomic E-state index is -1.05. The van der Waals surface area contributed by atoms with E-state index in [0.29, 0.717) is 0 Å². The average molecular weight is 284 g/mol. The number of hydrogen-bond acceptors (Lipinski definition) is 6. The van der Waals surface area contributed by atoms with Crippen molar-refractivity contribution in [1.29, 1.82) is 0 Å². The Morgan fingerprint density at radius 3 is 2.63 bits per heavy atom. The number of nitrogen functional groups attached to an aromatic ring is 1. The Bertz CT molecular complexity index is 653. The summed E-state index contributed by atoms with van der Waals surface area (Å²) in [4.78, 5) is 17.6. The van der Waals surface area contributed by atoms with Crippen LogP contribution in [0.3, 0.4) is 0 Å². The molecule has 19 heavy (non-hydrogen) atoms. The SMILES string of the molecule is Nc1ncnc(Sc2ccc(F)c(F)c2)c1[N+](=O)[O-]. The molecule has 0 spiro atoms. The second-order valence-electron chi connectivity index (χ2n) is 3.35. The summed E-state index contributed by atoms with van der Waals surface area (Å²) in [6.45, 7) is 0. The molecule has 98 valence electrons. The zero-order valence-electron chi connectivity index (χ0n) is 9.21. The molecule has 1 aromatic heterocycles. The molecule has 0 amide bonds. The monoisotopic (exact) mass is 284 g/mol. The Morgan fingerprint density at radius 2 is 2.00 bits per heavy atom. The molecule has 0 saturated carbocycles. The molecule has 2 rings (SSSR count). The lowest BCUT2D eigenvalue weighted by Crippen LogP contribution is -2.01. The van der Waals surface area contributed by atoms with E-state index in [0.717, 1.165) is 30.2 Å². The maximum atomic E-state index is 13.0. The first-order valence-electron chi connectivity index (χ1n) is 4.87. The van der Waals surface area contributed by atoms with Gasteiger partial charge >= 0.3 is 5.69 Å². The molecule has 2 aromatic rings. The molecule has 1 heterocycles. The highest BCUT2D eigenvalue weighted by Crippen LogP contribution is 2.35. The van der Waals surface area contributed by atoms with Crippen LogP contribution in [-0.4, -0.2) is 14.9 Å². The van der Waals surface area contributed by atoms with Crippen LogP contribution < -0.4 is 5.73 Å². The summed E-state index contributed by atoms with van der Waals surface area (Å²) in [5, 5.41) is 10.8. The first kappa shape index (κ1) is 13.1. The lowest BCUT2D eigenvalue weighted by Gasteiger charge is -2.03. The van der Waals surface area contributed by atoms with Crippen LogP contribution in [0.25, 0.3) is 0 Å². The molecule has 0 atom stereocenters. The van der Waals surface area contributed by atoms with Gasteiger partial charge in [0.25, 0.3) is 0 Å². The molecule has 0 fully saturated rings. The molecule has 0 bridgehead atoms. The number of nitro groups is 1. The van der Waals surface area contributed by atoms with Crippen molar-refractivity contribution in [2.24, 2.45) is 0 Å². The summed E-state index contributed by atoms with van der Waals surface area (Å²) in [6.07, 6.45) is 1.06. The van der Waals surface area contributed by atoms with Crippen LogP contribution in [-0.2, 0) is 0 Å². The summed E-state index contributed by atoms with van der Waals surface area (Å²) in [7, 11) is 0. The van der Waals surface area contributed by atoms with Gasteiger partial charge in [-0.05, 0) is 18.2 Å². The Kier molecular flexibility index (Phi) is 3.56. The highest BCUT2D eigenvalue weighted by Gasteiger charge is 2.21. The number of halogens is 2. The lowest BCUT2D eigenvalue weighted by molar-refractivity contribution is -0.387. The maximum Gasteiger partial charge on any atom is 0.343 e. The van der Waals surface area contributed by atoms with E-state index in [1.807, 2.05) is 0 Å². The summed E-state index contributed by atoms with van der Waals surface area (Å²) in [6, 6.07) is 3.13. The minimum Gasteiger partial charge on any atom is -0.378 e. The Hall–Kier alpha value is -2.29. The van der Waals surface area contributed by atoms with E-state index in [4.69, 9.17) is 5.73 Å². The van der Waals surface area contributed by atoms with Gasteiger partial charge in [0.2, 0.25) is 5.82 Å². The molecule has 0 aliphatic rings. The van der Waals surface area contributed by atoms with Crippen LogP contribution in [0.15, 0.2) is 34.4 Å². The largest absolute Gasteiger partial charge is 0.378 e. The van der Waals surface area contributed by atoms with E-state index >= 15 is 0 Å². The molecule has 6 nitrogen and oxygen atoms in total. The molecule has 0 unspecified atom stereocenters. The minimum absolute atomic E-state index is 0.0384. The van der Waals surface area contributed by atoms with Gasteiger partial charge in [0.1, 0.15) is 6.33 Å². The van der Waals surface area contributed by atoms with Crippen molar-refractivity contribution in [3.05, 3.63) is 46.3 Å². The van der Waals surface area contributed by atoms with Crippen molar-refractivity contribution in [2.45, 2.75) is 9.92 Å². The van der Waals surface area contributed by atoms with Gasteiger partial charge in [0.15, 0.2) is 16.7 Å². The Balaban J connectivity index is 2.40. The van der Waals surface area contributed by atoms with Crippen molar-refractivity contribution >= 4 is 23.3 Å². The van der Waals surface area contributed by atoms with Gasteiger partial charge in [0, 0.05) is 4.90 Å². The highest BCUT2D eigenvalue weighted by atomic mass is 32.2. The topological polar surface area (TPSA) is 94.9 Å². The van der Waals surface area contributed by atoms with Crippen molar-refractivity contribution in [3.8, 4) is 0 Å². The quantitative estimate of drug-likeness (QED) is 0.528. The first-order valence-corrected chi connectivity index (χ1v) is 5.68. The summed E-state index contributed by atoms with van der Waals surface area (Å²) < 4.78 is 25.8. The second kappa shape index (κ2) is 5.14. The number of benzene rings is 1. The predicted molar refractivity (Wildman–Crippen MR) is 63.6 cm³/mol. The van der Waals surface area contributed by atoms with E-state index in [-0.39, 0.29) is 15.7 Å². The number of aromatic nitrogens is 2. The average Bonchev–Trinajstić information content (AvgIpc) is 2.33. The van der Waals surface area contributed by atoms with Crippen LogP contribution in [0.1, 0.15) is 0 Å². The van der Waals surface area contributed by atoms with E-state index < -0.39 is 22.2 Å². The molecule has 9 heteroatoms. The van der Waals surface area contributed by atoms with Crippen LogP contribution in [0.2, 0.25) is 0 Å². The van der Waals surface area contributed by atoms with Gasteiger partial charge in [-0.2, -0.15) is 0 Å². The number of anilines is 1. The molecular formula is C10H6F2N4O2S. The summed E-state index contributed by atoms with van der Waals surface area (Å²) in [5.41, 5.74) is 4.93. The van der Waals surface area contributed by atoms with E-state index in [2.05, 4.69) is 9.97 Å². The number of nitrogens with two attached hydrogens (primary N) is 1. The van der Waals surface area contributed by atoms with Crippen LogP contribution in [0.5, 0.6) is 0 Å². The third kappa shape index (κ3) is 2.76. The van der Waals surface area contributed by atoms with Crippen LogP contribution in [0, 0.1) is 21.7 Å². The molecule has 2 N–H and O–H groups in total. The molecule has 0 saturated heterocycles. The normalized spacial score (nSPS) is 10.4. The first-order chi connectivity index (χ1) is 8.99. The van der Waals surface area contributed by atoms with Gasteiger partial charge in [-0.25, -0.2) is 18.7 Å². The maximum absolute atomic E-state index is 13.0. The van der Waals surface area contributed by atoms with Crippen molar-refractivity contribution < 1.29 is 13.7 Å². The number of nitrogens with zero attached hydrogens (tertiary/aromatic N) is 3. The Morgan fingerprint density at radius 1 is 1.26 bits per heavy atom. The number of hydrogen-bond donors (Lipinski definition) is 1. The van der Waals surface area contributed by atoms with Gasteiger partial charge in [-0.1, -0.05) is 11.8 Å². The lowest BCUT2D eigenvalue weighted by atomic mass is 10.3. The fourth-order valence-electron chi connectivity index (χ4n) is 1.27. The van der Waals surface area contributed by atoms with Crippen molar-refractivity contribution in [3.63, 3.8) is 0 Å². The van der Waals surface area contributed by atoms with Gasteiger partial charge < -0.3 is 5.73 Å². The zero-order valence-corrected chi connectivity index (χ0v) is 10.0. The summed E-state index contributed by atoms with van der Waals surface area (Å²) >= 11 is 0.800. The number of rotatable bonds is 3. The fourth-order valence-corrected chi connectivity index (χ4v) is 2.17. The van der Waals surface area contributed by atoms with Gasteiger partial charge in [-0.3, -0.25) is 10.1 Å². The predicted octanol–water partition coefficient (Wildman–Crippen LogP) is 2.40. The molecular weight excluding hydrogens is 278 g/mol. The zero-order chi connectivity index (χ0) is 14.0. The third-order valence-corrected chi connectivity index (χ3v) is 3.09.